The van der Waals surface area contributed by atoms with Gasteiger partial charge in [-0.25, -0.2) is 23.1 Å². The van der Waals surface area contributed by atoms with Gasteiger partial charge in [0.05, 0.1) is 5.69 Å². The zero-order valence-electron chi connectivity index (χ0n) is 10.7. The zero-order chi connectivity index (χ0) is 14.9. The summed E-state index contributed by atoms with van der Waals surface area (Å²) in [4.78, 5) is 8.23. The summed E-state index contributed by atoms with van der Waals surface area (Å²) in [6.07, 6.45) is 2.24. The average molecular weight is 319 g/mol. The van der Waals surface area contributed by atoms with Gasteiger partial charge in [-0.2, -0.15) is 0 Å². The molecular formula is C13H10ClF3N2S. The maximum Gasteiger partial charge on any atom is 0.195 e. The predicted octanol–water partition coefficient (Wildman–Crippen LogP) is 4.50. The highest BCUT2D eigenvalue weighted by Gasteiger charge is 2.21. The van der Waals surface area contributed by atoms with Crippen molar-refractivity contribution in [3.8, 4) is 11.1 Å². The SMILES string of the molecule is CCc1nc(SC)nc(Cl)c1-c1ccc(F)c(F)c1F. The minimum absolute atomic E-state index is 0.0195. The van der Waals surface area contributed by atoms with E-state index < -0.39 is 17.5 Å². The normalized spacial score (nSPS) is 10.9. The van der Waals surface area contributed by atoms with Crippen LogP contribution < -0.4 is 0 Å². The standard InChI is InChI=1S/C13H10ClF3N2S/c1-3-8-9(12(14)19-13(18-8)20-2)6-4-5-7(15)11(17)10(6)16/h4-5H,3H2,1-2H3. The van der Waals surface area contributed by atoms with Gasteiger partial charge in [0.1, 0.15) is 5.15 Å². The molecule has 1 aromatic heterocycles. The van der Waals surface area contributed by atoms with Crippen LogP contribution in [0.3, 0.4) is 0 Å². The highest BCUT2D eigenvalue weighted by molar-refractivity contribution is 7.98. The van der Waals surface area contributed by atoms with Crippen LogP contribution in [0.1, 0.15) is 12.6 Å². The Morgan fingerprint density at radius 3 is 2.45 bits per heavy atom. The number of thioether (sulfide) groups is 1. The molecule has 2 nitrogen and oxygen atoms in total. The van der Waals surface area contributed by atoms with Crippen molar-refractivity contribution in [3.63, 3.8) is 0 Å². The molecule has 0 saturated carbocycles. The van der Waals surface area contributed by atoms with Crippen molar-refractivity contribution in [2.24, 2.45) is 0 Å². The van der Waals surface area contributed by atoms with Crippen molar-refractivity contribution in [1.82, 2.24) is 9.97 Å². The molecule has 0 radical (unpaired) electrons. The molecule has 0 unspecified atom stereocenters. The molecule has 0 fully saturated rings. The second-order valence-corrected chi connectivity index (χ2v) is 5.03. The van der Waals surface area contributed by atoms with E-state index in [2.05, 4.69) is 9.97 Å². The Labute approximate surface area is 123 Å². The highest BCUT2D eigenvalue weighted by atomic mass is 35.5. The number of hydrogen-bond donors (Lipinski definition) is 0. The number of nitrogens with zero attached hydrogens (tertiary/aromatic N) is 2. The summed E-state index contributed by atoms with van der Waals surface area (Å²) in [5.41, 5.74) is 0.543. The lowest BCUT2D eigenvalue weighted by Gasteiger charge is -2.12. The molecule has 0 bridgehead atoms. The summed E-state index contributed by atoms with van der Waals surface area (Å²) < 4.78 is 40.2. The van der Waals surface area contributed by atoms with Crippen LogP contribution in [-0.4, -0.2) is 16.2 Å². The van der Waals surface area contributed by atoms with Crippen LogP contribution >= 0.6 is 23.4 Å². The van der Waals surface area contributed by atoms with Crippen molar-refractivity contribution >= 4 is 23.4 Å². The lowest BCUT2D eigenvalue weighted by molar-refractivity contribution is 0.449. The largest absolute Gasteiger partial charge is 0.227 e. The lowest BCUT2D eigenvalue weighted by atomic mass is 10.0. The van der Waals surface area contributed by atoms with Crippen LogP contribution in [0.4, 0.5) is 13.2 Å². The fraction of sp³-hybridized carbons (Fsp3) is 0.231. The van der Waals surface area contributed by atoms with Crippen LogP contribution in [0.5, 0.6) is 0 Å². The predicted molar refractivity (Wildman–Crippen MR) is 73.5 cm³/mol. The molecule has 2 rings (SSSR count). The zero-order valence-corrected chi connectivity index (χ0v) is 12.2. The van der Waals surface area contributed by atoms with E-state index in [9.17, 15) is 13.2 Å². The number of aryl methyl sites for hydroxylation is 1. The average Bonchev–Trinajstić information content (AvgIpc) is 2.45. The van der Waals surface area contributed by atoms with Crippen molar-refractivity contribution in [2.75, 3.05) is 6.26 Å². The first-order valence-electron chi connectivity index (χ1n) is 5.73. The third kappa shape index (κ3) is 2.62. The number of rotatable bonds is 3. The minimum Gasteiger partial charge on any atom is -0.227 e. The van der Waals surface area contributed by atoms with E-state index in [4.69, 9.17) is 11.6 Å². The van der Waals surface area contributed by atoms with Gasteiger partial charge in [-0.1, -0.05) is 30.3 Å². The molecular weight excluding hydrogens is 309 g/mol. The van der Waals surface area contributed by atoms with Crippen LogP contribution in [0, 0.1) is 17.5 Å². The van der Waals surface area contributed by atoms with Gasteiger partial charge < -0.3 is 0 Å². The molecule has 1 heterocycles. The first-order chi connectivity index (χ1) is 9.49. The van der Waals surface area contributed by atoms with Gasteiger partial charge in [0, 0.05) is 11.1 Å². The van der Waals surface area contributed by atoms with Crippen molar-refractivity contribution in [2.45, 2.75) is 18.5 Å². The molecule has 0 aliphatic carbocycles. The maximum absolute atomic E-state index is 13.9. The van der Waals surface area contributed by atoms with Crippen LogP contribution in [0.15, 0.2) is 17.3 Å². The number of benzene rings is 1. The molecule has 7 heteroatoms. The van der Waals surface area contributed by atoms with Gasteiger partial charge in [0.15, 0.2) is 22.6 Å². The Morgan fingerprint density at radius 1 is 1.15 bits per heavy atom. The Balaban J connectivity index is 2.73. The quantitative estimate of drug-likeness (QED) is 0.361. The van der Waals surface area contributed by atoms with Crippen molar-refractivity contribution in [3.05, 3.63) is 40.4 Å². The molecule has 0 aliphatic rings. The van der Waals surface area contributed by atoms with E-state index in [1.807, 2.05) is 6.92 Å². The fourth-order valence-electron chi connectivity index (χ4n) is 1.79. The first-order valence-corrected chi connectivity index (χ1v) is 7.34. The van der Waals surface area contributed by atoms with Gasteiger partial charge >= 0.3 is 0 Å². The molecule has 0 saturated heterocycles. The van der Waals surface area contributed by atoms with Crippen molar-refractivity contribution in [1.29, 1.82) is 0 Å². The smallest absolute Gasteiger partial charge is 0.195 e. The van der Waals surface area contributed by atoms with Crippen molar-refractivity contribution < 1.29 is 13.2 Å². The third-order valence-electron chi connectivity index (χ3n) is 2.74. The van der Waals surface area contributed by atoms with E-state index >= 15 is 0 Å². The van der Waals surface area contributed by atoms with Gasteiger partial charge in [-0.3, -0.25) is 0 Å². The summed E-state index contributed by atoms with van der Waals surface area (Å²) in [6.45, 7) is 1.81. The van der Waals surface area contributed by atoms with Crippen LogP contribution in [-0.2, 0) is 6.42 Å². The molecule has 20 heavy (non-hydrogen) atoms. The Hall–Kier alpha value is -1.27. The molecule has 0 N–H and O–H groups in total. The molecule has 2 aromatic rings. The van der Waals surface area contributed by atoms with E-state index in [-0.39, 0.29) is 16.3 Å². The second-order valence-electron chi connectivity index (χ2n) is 3.90. The number of hydrogen-bond acceptors (Lipinski definition) is 3. The Kier molecular flexibility index (Phi) is 4.55. The molecule has 0 atom stereocenters. The van der Waals surface area contributed by atoms with Crippen LogP contribution in [0.2, 0.25) is 5.15 Å². The summed E-state index contributed by atoms with van der Waals surface area (Å²) >= 11 is 7.34. The maximum atomic E-state index is 13.9. The van der Waals surface area contributed by atoms with Gasteiger partial charge in [-0.15, -0.1) is 0 Å². The van der Waals surface area contributed by atoms with Gasteiger partial charge in [0.2, 0.25) is 0 Å². The monoisotopic (exact) mass is 318 g/mol. The summed E-state index contributed by atoms with van der Waals surface area (Å²) in [5, 5.41) is 0.463. The molecule has 106 valence electrons. The highest BCUT2D eigenvalue weighted by Crippen LogP contribution is 2.34. The number of aromatic nitrogens is 2. The molecule has 0 aliphatic heterocycles. The fourth-order valence-corrected chi connectivity index (χ4v) is 2.51. The molecule has 1 aromatic carbocycles. The molecule has 0 spiro atoms. The Bertz CT molecular complexity index is 665. The lowest BCUT2D eigenvalue weighted by Crippen LogP contribution is -2.02. The van der Waals surface area contributed by atoms with E-state index in [0.29, 0.717) is 17.3 Å². The molecule has 0 amide bonds. The summed E-state index contributed by atoms with van der Waals surface area (Å²) in [7, 11) is 0. The first kappa shape index (κ1) is 15.1. The number of halogens is 4. The minimum atomic E-state index is -1.53. The summed E-state index contributed by atoms with van der Waals surface area (Å²) in [5.74, 6) is -4.07. The third-order valence-corrected chi connectivity index (χ3v) is 3.56. The van der Waals surface area contributed by atoms with E-state index in [0.717, 1.165) is 12.1 Å². The Morgan fingerprint density at radius 2 is 1.85 bits per heavy atom. The second kappa shape index (κ2) is 6.01. The van der Waals surface area contributed by atoms with E-state index in [1.165, 1.54) is 11.8 Å². The van der Waals surface area contributed by atoms with Gasteiger partial charge in [0.25, 0.3) is 0 Å². The topological polar surface area (TPSA) is 25.8 Å². The van der Waals surface area contributed by atoms with E-state index in [1.54, 1.807) is 6.26 Å². The van der Waals surface area contributed by atoms with Crippen LogP contribution in [0.25, 0.3) is 11.1 Å². The van der Waals surface area contributed by atoms with Gasteiger partial charge in [-0.05, 0) is 24.8 Å². The summed E-state index contributed by atoms with van der Waals surface area (Å²) in [6, 6.07) is 1.99.